The molecule has 13 N–H and O–H groups in total. The third-order valence-corrected chi connectivity index (χ3v) is 7.49. The van der Waals surface area contributed by atoms with Gasteiger partial charge in [-0.05, 0) is 55.7 Å². The maximum Gasteiger partial charge on any atom is 0.326 e. The van der Waals surface area contributed by atoms with Crippen molar-refractivity contribution in [2.24, 2.45) is 34.0 Å². The zero-order valence-corrected chi connectivity index (χ0v) is 27.7. The lowest BCUT2D eigenvalue weighted by atomic mass is 9.96. The van der Waals surface area contributed by atoms with Crippen molar-refractivity contribution in [1.82, 2.24) is 21.3 Å². The van der Waals surface area contributed by atoms with Crippen LogP contribution in [0, 0.1) is 11.8 Å². The lowest BCUT2D eigenvalue weighted by Gasteiger charge is -2.29. The van der Waals surface area contributed by atoms with E-state index in [4.69, 9.17) is 17.2 Å². The Bertz CT molecular complexity index is 1220. The van der Waals surface area contributed by atoms with Crippen LogP contribution in [0.5, 0.6) is 5.75 Å². The SMILES string of the molecule is CCC(C)C(NC(=O)C(N)CCCN=C(N)N)C(=O)NC(C(=O)NC(CC(C)C)C(=O)NC(Cc1ccc(O)cc1)C(=O)O)C(C)O. The number of rotatable bonds is 20. The number of aliphatic hydroxyl groups is 1. The maximum absolute atomic E-state index is 13.4. The number of nitrogens with two attached hydrogens (primary N) is 3. The lowest BCUT2D eigenvalue weighted by Crippen LogP contribution is -2.62. The van der Waals surface area contributed by atoms with Gasteiger partial charge in [-0.3, -0.25) is 24.2 Å². The molecule has 16 nitrogen and oxygen atoms in total. The maximum atomic E-state index is 13.4. The molecule has 47 heavy (non-hydrogen) atoms. The van der Waals surface area contributed by atoms with Gasteiger partial charge in [0.25, 0.3) is 0 Å². The first-order valence-corrected chi connectivity index (χ1v) is 15.7. The number of amides is 4. The van der Waals surface area contributed by atoms with Crippen LogP contribution in [0.2, 0.25) is 0 Å². The van der Waals surface area contributed by atoms with Crippen LogP contribution in [0.3, 0.4) is 0 Å². The summed E-state index contributed by atoms with van der Waals surface area (Å²) in [5.74, 6) is -4.88. The quantitative estimate of drug-likeness (QED) is 0.0449. The van der Waals surface area contributed by atoms with Crippen molar-refractivity contribution in [1.29, 1.82) is 0 Å². The highest BCUT2D eigenvalue weighted by Gasteiger charge is 2.35. The number of phenolic OH excluding ortho intramolecular Hbond substituents is 1. The summed E-state index contributed by atoms with van der Waals surface area (Å²) in [5, 5.41) is 39.8. The van der Waals surface area contributed by atoms with Gasteiger partial charge in [-0.1, -0.05) is 46.2 Å². The van der Waals surface area contributed by atoms with Crippen molar-refractivity contribution in [2.75, 3.05) is 6.54 Å². The number of aliphatic carboxylic acids is 1. The Hall–Kier alpha value is -4.44. The van der Waals surface area contributed by atoms with Gasteiger partial charge in [0.2, 0.25) is 23.6 Å². The molecule has 0 saturated heterocycles. The number of nitrogens with one attached hydrogen (secondary N) is 4. The number of aliphatic hydroxyl groups excluding tert-OH is 1. The predicted molar refractivity (Wildman–Crippen MR) is 176 cm³/mol. The second kappa shape index (κ2) is 19.9. The number of carbonyl (C=O) groups excluding carboxylic acids is 4. The minimum atomic E-state index is -1.52. The molecule has 0 aliphatic carbocycles. The summed E-state index contributed by atoms with van der Waals surface area (Å²) in [7, 11) is 0. The van der Waals surface area contributed by atoms with E-state index in [1.807, 2.05) is 6.92 Å². The van der Waals surface area contributed by atoms with Crippen LogP contribution in [0.1, 0.15) is 65.9 Å². The van der Waals surface area contributed by atoms with Crippen molar-refractivity contribution >= 4 is 35.6 Å². The normalized spacial score (nSPS) is 15.6. The molecular weight excluding hydrogens is 612 g/mol. The Balaban J connectivity index is 3.06. The van der Waals surface area contributed by atoms with E-state index >= 15 is 0 Å². The van der Waals surface area contributed by atoms with E-state index in [1.165, 1.54) is 31.2 Å². The van der Waals surface area contributed by atoms with Gasteiger partial charge in [0.15, 0.2) is 5.96 Å². The minimum Gasteiger partial charge on any atom is -0.508 e. The van der Waals surface area contributed by atoms with E-state index < -0.39 is 65.9 Å². The fraction of sp³-hybridized carbons (Fsp3) is 0.613. The number of aromatic hydroxyl groups is 1. The summed E-state index contributed by atoms with van der Waals surface area (Å²) in [6, 6.07) is -0.287. The van der Waals surface area contributed by atoms with Crippen LogP contribution < -0.4 is 38.5 Å². The van der Waals surface area contributed by atoms with Crippen LogP contribution in [0.4, 0.5) is 0 Å². The monoisotopic (exact) mass is 664 g/mol. The lowest BCUT2D eigenvalue weighted by molar-refractivity contribution is -0.142. The molecule has 0 aliphatic rings. The average Bonchev–Trinajstić information content (AvgIpc) is 2.99. The Morgan fingerprint density at radius 2 is 1.38 bits per heavy atom. The van der Waals surface area contributed by atoms with Gasteiger partial charge in [-0.2, -0.15) is 0 Å². The van der Waals surface area contributed by atoms with Crippen molar-refractivity contribution in [3.8, 4) is 5.75 Å². The third kappa shape index (κ3) is 14.7. The van der Waals surface area contributed by atoms with Gasteiger partial charge >= 0.3 is 5.97 Å². The molecule has 7 atom stereocenters. The summed E-state index contributed by atoms with van der Waals surface area (Å²) < 4.78 is 0. The molecule has 1 aromatic carbocycles. The largest absolute Gasteiger partial charge is 0.508 e. The van der Waals surface area contributed by atoms with Gasteiger partial charge in [0.1, 0.15) is 29.9 Å². The van der Waals surface area contributed by atoms with Crippen LogP contribution >= 0.6 is 0 Å². The van der Waals surface area contributed by atoms with E-state index in [0.717, 1.165) is 0 Å². The highest BCUT2D eigenvalue weighted by atomic mass is 16.4. The number of guanidine groups is 1. The Morgan fingerprint density at radius 3 is 1.89 bits per heavy atom. The minimum absolute atomic E-state index is 0.00143. The summed E-state index contributed by atoms with van der Waals surface area (Å²) in [6.07, 6.45) is -0.224. The van der Waals surface area contributed by atoms with Crippen molar-refractivity contribution in [3.63, 3.8) is 0 Å². The van der Waals surface area contributed by atoms with E-state index in [1.54, 1.807) is 20.8 Å². The number of carbonyl (C=O) groups is 5. The molecule has 0 radical (unpaired) electrons. The summed E-state index contributed by atoms with van der Waals surface area (Å²) >= 11 is 0. The fourth-order valence-corrected chi connectivity index (χ4v) is 4.57. The van der Waals surface area contributed by atoms with Gasteiger partial charge in [-0.25, -0.2) is 4.79 Å². The molecule has 0 heterocycles. The second-order valence-corrected chi connectivity index (χ2v) is 12.1. The predicted octanol–water partition coefficient (Wildman–Crippen LogP) is -1.19. The highest BCUT2D eigenvalue weighted by molar-refractivity contribution is 5.95. The topological polar surface area (TPSA) is 285 Å². The molecule has 264 valence electrons. The molecule has 7 unspecified atom stereocenters. The van der Waals surface area contributed by atoms with Gasteiger partial charge < -0.3 is 53.8 Å². The molecule has 1 rings (SSSR count). The first-order valence-electron chi connectivity index (χ1n) is 15.7. The molecule has 0 saturated carbocycles. The fourth-order valence-electron chi connectivity index (χ4n) is 4.57. The molecule has 0 spiro atoms. The Kier molecular flexibility index (Phi) is 17.2. The smallest absolute Gasteiger partial charge is 0.326 e. The summed E-state index contributed by atoms with van der Waals surface area (Å²) in [5.41, 5.74) is 17.2. The van der Waals surface area contributed by atoms with Crippen LogP contribution in [-0.2, 0) is 30.4 Å². The number of hydrogen-bond donors (Lipinski definition) is 10. The van der Waals surface area contributed by atoms with Crippen molar-refractivity contribution in [2.45, 2.75) is 103 Å². The van der Waals surface area contributed by atoms with Crippen molar-refractivity contribution in [3.05, 3.63) is 29.8 Å². The summed E-state index contributed by atoms with van der Waals surface area (Å²) in [6.45, 7) is 8.70. The van der Waals surface area contributed by atoms with E-state index in [2.05, 4.69) is 26.3 Å². The first kappa shape index (κ1) is 40.6. The van der Waals surface area contributed by atoms with Gasteiger partial charge in [0.05, 0.1) is 12.1 Å². The first-order chi connectivity index (χ1) is 22.0. The number of carboxylic acid groups (broad SMARTS) is 1. The number of hydrogen-bond acceptors (Lipinski definition) is 9. The zero-order chi connectivity index (χ0) is 35.8. The average molecular weight is 665 g/mol. The second-order valence-electron chi connectivity index (χ2n) is 12.1. The standard InChI is InChI=1S/C31H52N8O8/c1-6-17(4)24(38-26(42)21(32)8-7-13-35-31(33)34)28(44)39-25(18(5)40)29(45)36-22(14-16(2)3)27(43)37-23(30(46)47)15-19-9-11-20(41)12-10-19/h9-12,16-18,21-25,40-41H,6-8,13-15,32H2,1-5H3,(H,36,45)(H,37,43)(H,38,42)(H,39,44)(H,46,47)(H4,33,34,35). The van der Waals surface area contributed by atoms with E-state index in [0.29, 0.717) is 18.4 Å². The summed E-state index contributed by atoms with van der Waals surface area (Å²) in [4.78, 5) is 68.7. The number of aliphatic imine (C=N–C) groups is 1. The molecule has 4 amide bonds. The molecule has 0 bridgehead atoms. The Morgan fingerprint density at radius 1 is 0.830 bits per heavy atom. The molecule has 0 aromatic heterocycles. The third-order valence-electron chi connectivity index (χ3n) is 7.49. The van der Waals surface area contributed by atoms with Gasteiger partial charge in [0, 0.05) is 13.0 Å². The zero-order valence-electron chi connectivity index (χ0n) is 27.7. The Labute approximate surface area is 275 Å². The van der Waals surface area contributed by atoms with E-state index in [9.17, 15) is 39.3 Å². The highest BCUT2D eigenvalue weighted by Crippen LogP contribution is 2.13. The van der Waals surface area contributed by atoms with E-state index in [-0.39, 0.29) is 49.4 Å². The number of carboxylic acids is 1. The number of nitrogens with zero attached hydrogens (tertiary/aromatic N) is 1. The molecular formula is C31H52N8O8. The molecule has 0 fully saturated rings. The van der Waals surface area contributed by atoms with Crippen LogP contribution in [0.25, 0.3) is 0 Å². The number of benzene rings is 1. The molecule has 1 aromatic rings. The molecule has 0 aliphatic heterocycles. The number of phenols is 1. The van der Waals surface area contributed by atoms with Crippen molar-refractivity contribution < 1.29 is 39.3 Å². The van der Waals surface area contributed by atoms with Crippen LogP contribution in [0.15, 0.2) is 29.3 Å². The van der Waals surface area contributed by atoms with Gasteiger partial charge in [-0.15, -0.1) is 0 Å². The van der Waals surface area contributed by atoms with Crippen LogP contribution in [-0.4, -0.2) is 93.7 Å². The molecule has 16 heteroatoms.